The third-order valence-electron chi connectivity index (χ3n) is 12.6. The van der Waals surface area contributed by atoms with Crippen molar-refractivity contribution in [3.8, 4) is 55.6 Å². The normalized spacial score (nSPS) is 12.0. The number of benzene rings is 9. The van der Waals surface area contributed by atoms with E-state index in [1.165, 1.54) is 96.3 Å². The standard InChI is InChI=1S/C60H41NS2.C2H6/c1-3-14-40(15-4-1)42-28-33-46(34-29-42)61(48-19-11-18-44(38-48)41-16-5-2-6-17-41)47-35-30-43(31-36-47)45-32-37-49(52-22-12-23-53-50-20-7-9-26-57(50)62-59(52)53)56(39-45)55-25-13-24-54-51-21-8-10-27-58(51)63-60(54)55;1-2/h1-6,8-19,21-39H,7,20H2;1-2H3. The lowest BCUT2D eigenvalue weighted by molar-refractivity contribution is 1.01. The minimum atomic E-state index is 1.10. The van der Waals surface area contributed by atoms with Gasteiger partial charge in [0.15, 0.2) is 0 Å². The number of fused-ring (bicyclic) bond motifs is 6. The van der Waals surface area contributed by atoms with Gasteiger partial charge in [-0.05, 0) is 123 Å². The van der Waals surface area contributed by atoms with Gasteiger partial charge in [-0.25, -0.2) is 0 Å². The van der Waals surface area contributed by atoms with E-state index < -0.39 is 0 Å². The van der Waals surface area contributed by atoms with Crippen molar-refractivity contribution in [2.24, 2.45) is 0 Å². The smallest absolute Gasteiger partial charge is 0.0467 e. The van der Waals surface area contributed by atoms with E-state index in [9.17, 15) is 0 Å². The lowest BCUT2D eigenvalue weighted by Crippen LogP contribution is -2.10. The number of hydrogen-bond donors (Lipinski definition) is 0. The van der Waals surface area contributed by atoms with Crippen molar-refractivity contribution in [3.63, 3.8) is 0 Å². The Morgan fingerprint density at radius 2 is 0.892 bits per heavy atom. The van der Waals surface area contributed by atoms with Crippen LogP contribution >= 0.6 is 22.7 Å². The van der Waals surface area contributed by atoms with Crippen LogP contribution in [0.3, 0.4) is 0 Å². The zero-order valence-electron chi connectivity index (χ0n) is 36.5. The van der Waals surface area contributed by atoms with Gasteiger partial charge in [0.2, 0.25) is 0 Å². The van der Waals surface area contributed by atoms with Gasteiger partial charge in [0.25, 0.3) is 0 Å². The molecule has 9 aromatic carbocycles. The summed E-state index contributed by atoms with van der Waals surface area (Å²) in [5.41, 5.74) is 17.1. The van der Waals surface area contributed by atoms with Gasteiger partial charge in [-0.3, -0.25) is 0 Å². The molecule has 0 unspecified atom stereocenters. The van der Waals surface area contributed by atoms with Gasteiger partial charge in [0.1, 0.15) is 0 Å². The largest absolute Gasteiger partial charge is 0.310 e. The monoisotopic (exact) mass is 869 g/mol. The molecular weight excluding hydrogens is 823 g/mol. The van der Waals surface area contributed by atoms with E-state index in [0.717, 1.165) is 29.9 Å². The fourth-order valence-corrected chi connectivity index (χ4v) is 12.0. The van der Waals surface area contributed by atoms with Crippen LogP contribution in [0.2, 0.25) is 0 Å². The van der Waals surface area contributed by atoms with Crippen LogP contribution in [0.1, 0.15) is 30.7 Å². The summed E-state index contributed by atoms with van der Waals surface area (Å²) in [6.45, 7) is 4.00. The number of rotatable bonds is 8. The van der Waals surface area contributed by atoms with E-state index in [0.29, 0.717) is 0 Å². The van der Waals surface area contributed by atoms with Crippen LogP contribution in [0.5, 0.6) is 0 Å². The highest BCUT2D eigenvalue weighted by atomic mass is 32.1. The fourth-order valence-electron chi connectivity index (χ4n) is 9.49. The van der Waals surface area contributed by atoms with Crippen LogP contribution in [0.4, 0.5) is 17.1 Å². The number of aryl methyl sites for hydroxylation is 1. The Bertz CT molecular complexity index is 3480. The molecule has 0 atom stereocenters. The molecule has 0 saturated carbocycles. The first-order valence-electron chi connectivity index (χ1n) is 22.7. The molecule has 12 rings (SSSR count). The summed E-state index contributed by atoms with van der Waals surface area (Å²) in [6.07, 6.45) is 6.87. The molecule has 2 heterocycles. The molecule has 0 saturated heterocycles. The zero-order chi connectivity index (χ0) is 43.7. The zero-order valence-corrected chi connectivity index (χ0v) is 38.2. The molecular formula is C62H47NS2. The summed E-state index contributed by atoms with van der Waals surface area (Å²) in [7, 11) is 0. The second-order valence-corrected chi connectivity index (χ2v) is 18.4. The van der Waals surface area contributed by atoms with Crippen molar-refractivity contribution in [2.75, 3.05) is 4.90 Å². The Morgan fingerprint density at radius 1 is 0.369 bits per heavy atom. The summed E-state index contributed by atoms with van der Waals surface area (Å²) in [4.78, 5) is 3.78. The van der Waals surface area contributed by atoms with Crippen molar-refractivity contribution in [2.45, 2.75) is 26.7 Å². The van der Waals surface area contributed by atoms with Crippen molar-refractivity contribution >= 4 is 76.1 Å². The first-order valence-corrected chi connectivity index (χ1v) is 24.3. The molecule has 0 bridgehead atoms. The summed E-state index contributed by atoms with van der Waals surface area (Å²) in [5.74, 6) is 0. The molecule has 1 aliphatic rings. The van der Waals surface area contributed by atoms with Crippen LogP contribution in [0, 0.1) is 0 Å². The van der Waals surface area contributed by atoms with E-state index in [4.69, 9.17) is 0 Å². The molecule has 0 spiro atoms. The maximum atomic E-state index is 2.44. The van der Waals surface area contributed by atoms with E-state index in [2.05, 4.69) is 229 Å². The van der Waals surface area contributed by atoms with Gasteiger partial charge in [-0.1, -0.05) is 184 Å². The van der Waals surface area contributed by atoms with E-state index in [1.54, 1.807) is 0 Å². The molecule has 0 fully saturated rings. The van der Waals surface area contributed by atoms with Crippen molar-refractivity contribution in [1.82, 2.24) is 0 Å². The highest BCUT2D eigenvalue weighted by Gasteiger charge is 2.21. The van der Waals surface area contributed by atoms with Crippen LogP contribution < -0.4 is 4.90 Å². The van der Waals surface area contributed by atoms with E-state index in [-0.39, 0.29) is 0 Å². The molecule has 0 radical (unpaired) electrons. The number of thiophene rings is 2. The Kier molecular flexibility index (Phi) is 11.0. The van der Waals surface area contributed by atoms with Crippen LogP contribution in [-0.4, -0.2) is 0 Å². The lowest BCUT2D eigenvalue weighted by atomic mass is 9.89. The van der Waals surface area contributed by atoms with Gasteiger partial charge in [0.05, 0.1) is 0 Å². The number of nitrogens with zero attached hydrogens (tertiary/aromatic N) is 1. The van der Waals surface area contributed by atoms with Crippen molar-refractivity contribution in [3.05, 3.63) is 229 Å². The molecule has 0 amide bonds. The summed E-state index contributed by atoms with van der Waals surface area (Å²) >= 11 is 3.85. The van der Waals surface area contributed by atoms with Gasteiger partial charge >= 0.3 is 0 Å². The molecule has 2 aromatic heterocycles. The first kappa shape index (κ1) is 40.5. The lowest BCUT2D eigenvalue weighted by Gasteiger charge is -2.26. The van der Waals surface area contributed by atoms with Gasteiger partial charge in [-0.2, -0.15) is 0 Å². The third kappa shape index (κ3) is 7.57. The van der Waals surface area contributed by atoms with Gasteiger partial charge < -0.3 is 4.90 Å². The molecule has 1 aliphatic carbocycles. The van der Waals surface area contributed by atoms with Crippen molar-refractivity contribution < 1.29 is 0 Å². The summed E-state index contributed by atoms with van der Waals surface area (Å²) in [5, 5.41) is 4.04. The minimum absolute atomic E-state index is 1.10. The molecule has 11 aromatic rings. The summed E-state index contributed by atoms with van der Waals surface area (Å²) < 4.78 is 4.03. The van der Waals surface area contributed by atoms with Crippen molar-refractivity contribution in [1.29, 1.82) is 0 Å². The number of hydrogen-bond acceptors (Lipinski definition) is 3. The second-order valence-electron chi connectivity index (χ2n) is 16.3. The van der Waals surface area contributed by atoms with Crippen LogP contribution in [-0.2, 0) is 6.42 Å². The van der Waals surface area contributed by atoms with Crippen LogP contribution in [0.15, 0.2) is 218 Å². The highest BCUT2D eigenvalue weighted by Crippen LogP contribution is 2.48. The maximum absolute atomic E-state index is 2.44. The molecule has 0 N–H and O–H groups in total. The SMILES string of the molecule is C1=Cc2sc3c(-c4ccc(-c5ccc(N(c6ccc(-c7ccccc7)cc6)c6cccc(-c7ccccc7)c6)cc5)cc4-c4cccc5c4sc4ccccc45)cccc3c2CC1.CC. The average molecular weight is 870 g/mol. The highest BCUT2D eigenvalue weighted by molar-refractivity contribution is 7.26. The second kappa shape index (κ2) is 17.7. The van der Waals surface area contributed by atoms with Gasteiger partial charge in [-0.15, -0.1) is 22.7 Å². The molecule has 65 heavy (non-hydrogen) atoms. The Balaban J connectivity index is 0.00000231. The topological polar surface area (TPSA) is 3.24 Å². The predicted molar refractivity (Wildman–Crippen MR) is 285 cm³/mol. The predicted octanol–water partition coefficient (Wildman–Crippen LogP) is 19.1. The van der Waals surface area contributed by atoms with E-state index in [1.807, 2.05) is 36.5 Å². The minimum Gasteiger partial charge on any atom is -0.310 e. The Hall–Kier alpha value is -7.30. The van der Waals surface area contributed by atoms with Gasteiger partial charge in [0, 0.05) is 57.9 Å². The van der Waals surface area contributed by atoms with Crippen LogP contribution in [0.25, 0.3) is 92.0 Å². The average Bonchev–Trinajstić information content (AvgIpc) is 3.97. The first-order chi connectivity index (χ1) is 32.2. The van der Waals surface area contributed by atoms with E-state index >= 15 is 0 Å². The maximum Gasteiger partial charge on any atom is 0.0467 e. The quantitative estimate of drug-likeness (QED) is 0.147. The Labute approximate surface area is 389 Å². The molecule has 312 valence electrons. The summed E-state index contributed by atoms with van der Waals surface area (Å²) in [6, 6.07) is 78.0. The molecule has 3 heteroatoms. The molecule has 1 nitrogen and oxygen atoms in total. The number of anilines is 3. The molecule has 0 aliphatic heterocycles. The number of allylic oxidation sites excluding steroid dienone is 1. The third-order valence-corrected chi connectivity index (χ3v) is 15.1. The Morgan fingerprint density at radius 3 is 1.62 bits per heavy atom. The fraction of sp³-hybridized carbons (Fsp3) is 0.0645.